The molecule has 3 nitrogen and oxygen atoms in total. The van der Waals surface area contributed by atoms with Gasteiger partial charge in [0.1, 0.15) is 5.01 Å². The summed E-state index contributed by atoms with van der Waals surface area (Å²) in [6, 6.07) is 20.3. The van der Waals surface area contributed by atoms with Crippen LogP contribution in [0.25, 0.3) is 10.6 Å². The van der Waals surface area contributed by atoms with Crippen molar-refractivity contribution in [1.29, 1.82) is 0 Å². The molecule has 0 bridgehead atoms. The van der Waals surface area contributed by atoms with E-state index in [1.165, 1.54) is 4.90 Å². The molecule has 1 heterocycles. The third-order valence-corrected chi connectivity index (χ3v) is 5.92. The van der Waals surface area contributed by atoms with Crippen molar-refractivity contribution in [1.82, 2.24) is 10.3 Å². The second kappa shape index (κ2) is 8.83. The number of rotatable bonds is 7. The zero-order valence-corrected chi connectivity index (χ0v) is 15.7. The molecule has 0 spiro atoms. The van der Waals surface area contributed by atoms with Gasteiger partial charge in [0.25, 0.3) is 0 Å². The number of nitrogens with zero attached hydrogens (tertiary/aromatic N) is 1. The molecule has 0 saturated heterocycles. The lowest BCUT2D eigenvalue weighted by Gasteiger charge is -2.04. The summed E-state index contributed by atoms with van der Waals surface area (Å²) in [6.45, 7) is 2.54. The molecule has 0 aliphatic carbocycles. The van der Waals surface area contributed by atoms with E-state index in [-0.39, 0.29) is 5.91 Å². The number of thioether (sulfide) groups is 1. The third kappa shape index (κ3) is 5.18. The maximum atomic E-state index is 12.1. The predicted octanol–water partition coefficient (Wildman–Crippen LogP) is 4.92. The highest BCUT2D eigenvalue weighted by atomic mass is 32.2. The Kier molecular flexibility index (Phi) is 6.25. The molecule has 0 aliphatic rings. The molecular formula is C20H20N2OS2. The number of carbonyl (C=O) groups is 1. The lowest BCUT2D eigenvalue weighted by Crippen LogP contribution is -2.22. The zero-order valence-electron chi connectivity index (χ0n) is 14.1. The van der Waals surface area contributed by atoms with Crippen LogP contribution in [0, 0.1) is 6.92 Å². The van der Waals surface area contributed by atoms with Gasteiger partial charge in [-0.05, 0) is 19.1 Å². The molecule has 0 radical (unpaired) electrons. The largest absolute Gasteiger partial charge is 0.351 e. The molecule has 2 aromatic carbocycles. The number of thiazole rings is 1. The highest BCUT2D eigenvalue weighted by Crippen LogP contribution is 2.27. The van der Waals surface area contributed by atoms with Crippen LogP contribution in [0.15, 0.2) is 65.6 Å². The van der Waals surface area contributed by atoms with Gasteiger partial charge < -0.3 is 5.32 Å². The standard InChI is InChI=1S/C20H20N2OS2/c1-15-18(25-20(22-15)16-8-4-2-5-9-16)14-21-19(23)12-13-24-17-10-6-3-7-11-17/h2-11H,12-14H2,1H3,(H,21,23). The lowest BCUT2D eigenvalue weighted by molar-refractivity contribution is -0.120. The van der Waals surface area contributed by atoms with Gasteiger partial charge in [-0.3, -0.25) is 4.79 Å². The van der Waals surface area contributed by atoms with Crippen molar-refractivity contribution >= 4 is 29.0 Å². The first-order valence-corrected chi connectivity index (χ1v) is 9.99. The summed E-state index contributed by atoms with van der Waals surface area (Å²) in [6.07, 6.45) is 0.517. The van der Waals surface area contributed by atoms with Gasteiger partial charge in [0.05, 0.1) is 12.2 Å². The molecule has 0 aliphatic heterocycles. The van der Waals surface area contributed by atoms with E-state index in [1.807, 2.05) is 43.3 Å². The summed E-state index contributed by atoms with van der Waals surface area (Å²) < 4.78 is 0. The molecule has 0 saturated carbocycles. The number of aromatic nitrogens is 1. The van der Waals surface area contributed by atoms with Crippen molar-refractivity contribution in [2.45, 2.75) is 24.8 Å². The minimum Gasteiger partial charge on any atom is -0.351 e. The van der Waals surface area contributed by atoms with Crippen molar-refractivity contribution in [3.8, 4) is 10.6 Å². The molecule has 3 aromatic rings. The summed E-state index contributed by atoms with van der Waals surface area (Å²) in [5, 5.41) is 4.01. The number of nitrogens with one attached hydrogen (secondary N) is 1. The van der Waals surface area contributed by atoms with E-state index in [1.54, 1.807) is 23.1 Å². The Bertz CT molecular complexity index is 816. The van der Waals surface area contributed by atoms with Crippen molar-refractivity contribution in [3.63, 3.8) is 0 Å². The van der Waals surface area contributed by atoms with Gasteiger partial charge in [-0.15, -0.1) is 23.1 Å². The molecule has 0 fully saturated rings. The molecular weight excluding hydrogens is 348 g/mol. The van der Waals surface area contributed by atoms with Crippen LogP contribution in [-0.4, -0.2) is 16.6 Å². The van der Waals surface area contributed by atoms with Crippen LogP contribution in [0.5, 0.6) is 0 Å². The Morgan fingerprint density at radius 3 is 2.48 bits per heavy atom. The van der Waals surface area contributed by atoms with Crippen molar-refractivity contribution in [2.24, 2.45) is 0 Å². The fourth-order valence-electron chi connectivity index (χ4n) is 2.34. The molecule has 0 unspecified atom stereocenters. The lowest BCUT2D eigenvalue weighted by atomic mass is 10.2. The first-order chi connectivity index (χ1) is 12.2. The SMILES string of the molecule is Cc1nc(-c2ccccc2)sc1CNC(=O)CCSc1ccccc1. The smallest absolute Gasteiger partial charge is 0.221 e. The fraction of sp³-hybridized carbons (Fsp3) is 0.200. The van der Waals surface area contributed by atoms with Gasteiger partial charge in [-0.25, -0.2) is 4.98 Å². The van der Waals surface area contributed by atoms with Gasteiger partial charge in [0.15, 0.2) is 0 Å². The summed E-state index contributed by atoms with van der Waals surface area (Å²) in [7, 11) is 0. The quantitative estimate of drug-likeness (QED) is 0.602. The number of amides is 1. The summed E-state index contributed by atoms with van der Waals surface area (Å²) in [5.74, 6) is 0.866. The summed E-state index contributed by atoms with van der Waals surface area (Å²) in [4.78, 5) is 19.0. The van der Waals surface area contributed by atoms with E-state index < -0.39 is 0 Å². The van der Waals surface area contributed by atoms with Gasteiger partial charge in [0.2, 0.25) is 5.91 Å². The van der Waals surface area contributed by atoms with Gasteiger partial charge in [0, 0.05) is 27.5 Å². The van der Waals surface area contributed by atoms with Gasteiger partial charge in [-0.2, -0.15) is 0 Å². The predicted molar refractivity (Wildman–Crippen MR) is 106 cm³/mol. The Balaban J connectivity index is 1.48. The average molecular weight is 369 g/mol. The maximum absolute atomic E-state index is 12.1. The average Bonchev–Trinajstić information content (AvgIpc) is 3.02. The number of carbonyl (C=O) groups excluding carboxylic acids is 1. The second-order valence-corrected chi connectivity index (χ2v) is 7.83. The number of hydrogen-bond donors (Lipinski definition) is 1. The molecule has 0 atom stereocenters. The highest BCUT2D eigenvalue weighted by Gasteiger charge is 2.10. The first-order valence-electron chi connectivity index (χ1n) is 8.18. The third-order valence-electron chi connectivity index (χ3n) is 3.70. The molecule has 1 aromatic heterocycles. The summed E-state index contributed by atoms with van der Waals surface area (Å²) in [5.41, 5.74) is 2.11. The molecule has 5 heteroatoms. The fourth-order valence-corrected chi connectivity index (χ4v) is 4.22. The van der Waals surface area contributed by atoms with E-state index in [0.717, 1.165) is 26.9 Å². The molecule has 25 heavy (non-hydrogen) atoms. The first kappa shape index (κ1) is 17.7. The number of hydrogen-bond acceptors (Lipinski definition) is 4. The van der Waals surface area contributed by atoms with E-state index in [2.05, 4.69) is 34.6 Å². The van der Waals surface area contributed by atoms with Gasteiger partial charge >= 0.3 is 0 Å². The molecule has 128 valence electrons. The van der Waals surface area contributed by atoms with Crippen LogP contribution < -0.4 is 5.32 Å². The van der Waals surface area contributed by atoms with Crippen molar-refractivity contribution in [3.05, 3.63) is 71.2 Å². The Morgan fingerprint density at radius 1 is 1.08 bits per heavy atom. The van der Waals surface area contributed by atoms with Crippen LogP contribution in [0.4, 0.5) is 0 Å². The van der Waals surface area contributed by atoms with Gasteiger partial charge in [-0.1, -0.05) is 48.5 Å². The second-order valence-electron chi connectivity index (χ2n) is 5.58. The minimum atomic E-state index is 0.0810. The van der Waals surface area contributed by atoms with E-state index in [9.17, 15) is 4.79 Å². The van der Waals surface area contributed by atoms with Crippen LogP contribution >= 0.6 is 23.1 Å². The minimum absolute atomic E-state index is 0.0810. The van der Waals surface area contributed by atoms with E-state index >= 15 is 0 Å². The van der Waals surface area contributed by atoms with Crippen molar-refractivity contribution < 1.29 is 4.79 Å². The molecule has 1 N–H and O–H groups in total. The molecule has 3 rings (SSSR count). The number of benzene rings is 2. The van der Waals surface area contributed by atoms with Crippen LogP contribution in [0.2, 0.25) is 0 Å². The van der Waals surface area contributed by atoms with E-state index in [0.29, 0.717) is 13.0 Å². The Morgan fingerprint density at radius 2 is 1.76 bits per heavy atom. The topological polar surface area (TPSA) is 42.0 Å². The summed E-state index contributed by atoms with van der Waals surface area (Å²) >= 11 is 3.35. The Hall–Kier alpha value is -2.11. The monoisotopic (exact) mass is 368 g/mol. The maximum Gasteiger partial charge on any atom is 0.221 e. The highest BCUT2D eigenvalue weighted by molar-refractivity contribution is 7.99. The van der Waals surface area contributed by atoms with Crippen LogP contribution in [-0.2, 0) is 11.3 Å². The number of aryl methyl sites for hydroxylation is 1. The Labute approximate surface area is 156 Å². The van der Waals surface area contributed by atoms with Crippen molar-refractivity contribution in [2.75, 3.05) is 5.75 Å². The normalized spacial score (nSPS) is 10.6. The molecule has 1 amide bonds. The van der Waals surface area contributed by atoms with Crippen LogP contribution in [0.1, 0.15) is 17.0 Å². The van der Waals surface area contributed by atoms with Crippen LogP contribution in [0.3, 0.4) is 0 Å². The zero-order chi connectivity index (χ0) is 17.5. The van der Waals surface area contributed by atoms with E-state index in [4.69, 9.17) is 0 Å².